The zero-order valence-corrected chi connectivity index (χ0v) is 12.7. The van der Waals surface area contributed by atoms with Gasteiger partial charge in [-0.1, -0.05) is 45.1 Å². The smallest absolute Gasteiger partial charge is 0.266 e. The summed E-state index contributed by atoms with van der Waals surface area (Å²) in [6.45, 7) is 5.66. The molecule has 0 spiro atoms. The molecule has 0 unspecified atom stereocenters. The van der Waals surface area contributed by atoms with Crippen LogP contribution in [0.4, 0.5) is 0 Å². The number of allylic oxidation sites excluding steroid dienone is 6. The molecule has 0 aromatic carbocycles. The fourth-order valence-corrected chi connectivity index (χ4v) is 2.33. The predicted octanol–water partition coefficient (Wildman–Crippen LogP) is 1.56. The lowest BCUT2D eigenvalue weighted by atomic mass is 9.86. The fraction of sp³-hybridized carbons (Fsp3) is 0.375. The predicted molar refractivity (Wildman–Crippen MR) is 79.9 cm³/mol. The molecule has 5 heteroatoms. The van der Waals surface area contributed by atoms with Gasteiger partial charge in [0.05, 0.1) is 7.11 Å². The molecule has 0 saturated heterocycles. The van der Waals surface area contributed by atoms with E-state index in [1.54, 1.807) is 6.08 Å². The Kier molecular flexibility index (Phi) is 4.14. The Hall–Kier alpha value is -2.14. The van der Waals surface area contributed by atoms with Crippen LogP contribution in [0.3, 0.4) is 0 Å². The number of fused-ring (bicyclic) bond motifs is 1. The van der Waals surface area contributed by atoms with Crippen LogP contribution in [0.5, 0.6) is 0 Å². The minimum Gasteiger partial charge on any atom is -0.340 e. The van der Waals surface area contributed by atoms with Gasteiger partial charge in [-0.3, -0.25) is 14.4 Å². The number of hydroxylamine groups is 1. The van der Waals surface area contributed by atoms with Crippen molar-refractivity contribution in [2.75, 3.05) is 7.11 Å². The normalized spacial score (nSPS) is 17.6. The Morgan fingerprint density at radius 2 is 1.90 bits per heavy atom. The van der Waals surface area contributed by atoms with Gasteiger partial charge < -0.3 is 5.32 Å². The second-order valence-electron chi connectivity index (χ2n) is 6.08. The third kappa shape index (κ3) is 3.13. The summed E-state index contributed by atoms with van der Waals surface area (Å²) < 4.78 is 0. The Bertz CT molecular complexity index is 589. The van der Waals surface area contributed by atoms with E-state index in [1.165, 1.54) is 7.11 Å². The van der Waals surface area contributed by atoms with Gasteiger partial charge >= 0.3 is 0 Å². The van der Waals surface area contributed by atoms with Gasteiger partial charge in [-0.05, 0) is 22.6 Å². The second-order valence-corrected chi connectivity index (χ2v) is 6.08. The molecule has 0 bridgehead atoms. The third-order valence-electron chi connectivity index (χ3n) is 3.42. The number of carbonyl (C=O) groups is 2. The summed E-state index contributed by atoms with van der Waals surface area (Å²) in [4.78, 5) is 29.2. The van der Waals surface area contributed by atoms with Crippen LogP contribution in [0.2, 0.25) is 0 Å². The van der Waals surface area contributed by atoms with E-state index in [1.807, 2.05) is 45.1 Å². The first kappa shape index (κ1) is 15.3. The van der Waals surface area contributed by atoms with Crippen LogP contribution >= 0.6 is 0 Å². The van der Waals surface area contributed by atoms with E-state index in [2.05, 4.69) is 15.6 Å². The lowest BCUT2D eigenvalue weighted by Gasteiger charge is -2.30. The molecule has 2 amide bonds. The van der Waals surface area contributed by atoms with Gasteiger partial charge in [-0.25, -0.2) is 5.48 Å². The number of nitrogens with one attached hydrogen (secondary N) is 2. The molecule has 2 rings (SSSR count). The molecular weight excluding hydrogens is 268 g/mol. The maximum absolute atomic E-state index is 12.5. The Labute approximate surface area is 124 Å². The summed E-state index contributed by atoms with van der Waals surface area (Å²) in [5.74, 6) is -0.633. The minimum absolute atomic E-state index is 0.262. The van der Waals surface area contributed by atoms with E-state index < -0.39 is 11.5 Å². The maximum Gasteiger partial charge on any atom is 0.266 e. The first-order chi connectivity index (χ1) is 9.84. The third-order valence-corrected chi connectivity index (χ3v) is 3.42. The zero-order chi connectivity index (χ0) is 15.6. The fourth-order valence-electron chi connectivity index (χ4n) is 2.33. The highest BCUT2D eigenvalue weighted by atomic mass is 16.6. The van der Waals surface area contributed by atoms with E-state index >= 15 is 0 Å². The van der Waals surface area contributed by atoms with E-state index in [4.69, 9.17) is 0 Å². The number of hydrogen-bond donors (Lipinski definition) is 2. The molecule has 0 saturated carbocycles. The average molecular weight is 288 g/mol. The van der Waals surface area contributed by atoms with Crippen LogP contribution < -0.4 is 10.8 Å². The molecule has 5 nitrogen and oxygen atoms in total. The molecule has 0 radical (unpaired) electrons. The molecule has 2 aliphatic carbocycles. The van der Waals surface area contributed by atoms with Gasteiger partial charge in [0.25, 0.3) is 11.8 Å². The molecule has 112 valence electrons. The monoisotopic (exact) mass is 288 g/mol. The lowest BCUT2D eigenvalue weighted by molar-refractivity contribution is -0.138. The molecular formula is C16H20N2O3. The largest absolute Gasteiger partial charge is 0.340 e. The molecule has 1 atom stereocenters. The van der Waals surface area contributed by atoms with Crippen LogP contribution in [0, 0.1) is 5.41 Å². The summed E-state index contributed by atoms with van der Waals surface area (Å²) in [5, 5.41) is 2.79. The van der Waals surface area contributed by atoms with E-state index in [0.717, 1.165) is 11.1 Å². The van der Waals surface area contributed by atoms with E-state index in [-0.39, 0.29) is 11.8 Å². The highest BCUT2D eigenvalue weighted by Gasteiger charge is 2.34. The van der Waals surface area contributed by atoms with Crippen LogP contribution in [-0.2, 0) is 14.4 Å². The molecule has 0 fully saturated rings. The van der Waals surface area contributed by atoms with Gasteiger partial charge in [0.15, 0.2) is 0 Å². The molecule has 0 heterocycles. The molecule has 21 heavy (non-hydrogen) atoms. The standard InChI is InChI=1S/C16H20N2O3/c1-16(2,3)13(15(20)18-21-4)17-14(19)12-9-8-10-6-5-7-11(10)12/h5-9,13H,1-4H3,(H,17,19)(H,18,20)/t13-/m1/s1. The van der Waals surface area contributed by atoms with Crippen molar-refractivity contribution in [1.82, 2.24) is 10.8 Å². The molecule has 0 aliphatic heterocycles. The van der Waals surface area contributed by atoms with Crippen molar-refractivity contribution in [1.29, 1.82) is 0 Å². The number of hydrogen-bond acceptors (Lipinski definition) is 3. The molecule has 2 aliphatic rings. The summed E-state index contributed by atoms with van der Waals surface area (Å²) >= 11 is 0. The van der Waals surface area contributed by atoms with E-state index in [0.29, 0.717) is 5.57 Å². The van der Waals surface area contributed by atoms with Crippen LogP contribution in [0.25, 0.3) is 0 Å². The molecule has 0 aromatic rings. The van der Waals surface area contributed by atoms with Crippen molar-refractivity contribution in [2.45, 2.75) is 26.8 Å². The topological polar surface area (TPSA) is 67.4 Å². The SMILES string of the molecule is CONC(=O)[C@@H](NC(=O)C1=C2C=CC=C2C=C1)C(C)(C)C. The Morgan fingerprint density at radius 1 is 1.19 bits per heavy atom. The van der Waals surface area contributed by atoms with Gasteiger partial charge in [-0.2, -0.15) is 0 Å². The van der Waals surface area contributed by atoms with Crippen LogP contribution in [-0.4, -0.2) is 25.0 Å². The van der Waals surface area contributed by atoms with Crippen LogP contribution in [0.15, 0.2) is 47.1 Å². The second kappa shape index (κ2) is 5.69. The summed E-state index contributed by atoms with van der Waals surface area (Å²) in [7, 11) is 1.37. The Morgan fingerprint density at radius 3 is 2.52 bits per heavy atom. The van der Waals surface area contributed by atoms with Crippen molar-refractivity contribution >= 4 is 11.8 Å². The lowest BCUT2D eigenvalue weighted by Crippen LogP contribution is -2.53. The first-order valence-electron chi connectivity index (χ1n) is 6.79. The first-order valence-corrected chi connectivity index (χ1v) is 6.79. The van der Waals surface area contributed by atoms with Crippen LogP contribution in [0.1, 0.15) is 20.8 Å². The van der Waals surface area contributed by atoms with Gasteiger partial charge in [0.1, 0.15) is 6.04 Å². The number of carbonyl (C=O) groups excluding carboxylic acids is 2. The highest BCUT2D eigenvalue weighted by molar-refractivity contribution is 6.02. The van der Waals surface area contributed by atoms with Gasteiger partial charge in [0, 0.05) is 5.57 Å². The Balaban J connectivity index is 2.18. The van der Waals surface area contributed by atoms with Gasteiger partial charge in [-0.15, -0.1) is 0 Å². The van der Waals surface area contributed by atoms with Gasteiger partial charge in [0.2, 0.25) is 0 Å². The molecule has 0 aromatic heterocycles. The van der Waals surface area contributed by atoms with Crippen molar-refractivity contribution in [3.05, 3.63) is 47.1 Å². The summed E-state index contributed by atoms with van der Waals surface area (Å²) in [6, 6.07) is -0.690. The minimum atomic E-state index is -0.690. The van der Waals surface area contributed by atoms with E-state index in [9.17, 15) is 9.59 Å². The number of rotatable bonds is 4. The number of amides is 2. The molecule has 2 N–H and O–H groups in total. The summed E-state index contributed by atoms with van der Waals surface area (Å²) in [5.41, 5.74) is 4.34. The maximum atomic E-state index is 12.5. The van der Waals surface area contributed by atoms with Crippen molar-refractivity contribution < 1.29 is 14.4 Å². The van der Waals surface area contributed by atoms with Crippen molar-refractivity contribution in [3.8, 4) is 0 Å². The van der Waals surface area contributed by atoms with Crippen molar-refractivity contribution in [3.63, 3.8) is 0 Å². The zero-order valence-electron chi connectivity index (χ0n) is 12.7. The average Bonchev–Trinajstić information content (AvgIpc) is 2.96. The summed E-state index contributed by atoms with van der Waals surface area (Å²) in [6.07, 6.45) is 9.41. The highest BCUT2D eigenvalue weighted by Crippen LogP contribution is 2.30. The quantitative estimate of drug-likeness (QED) is 0.771. The van der Waals surface area contributed by atoms with Crippen molar-refractivity contribution in [2.24, 2.45) is 5.41 Å².